The highest BCUT2D eigenvalue weighted by atomic mass is 32.2. The molecule has 0 spiro atoms. The summed E-state index contributed by atoms with van der Waals surface area (Å²) in [5.41, 5.74) is 0. The van der Waals surface area contributed by atoms with Crippen LogP contribution in [-0.2, 0) is 16.6 Å². The number of furan rings is 1. The normalized spacial score (nSPS) is 15.8. The van der Waals surface area contributed by atoms with Crippen LogP contribution in [0.2, 0.25) is 0 Å². The smallest absolute Gasteiger partial charge is 0.274 e. The first-order valence-electron chi connectivity index (χ1n) is 7.59. The Bertz CT molecular complexity index is 533. The first-order valence-corrected chi connectivity index (χ1v) is 9.07. The van der Waals surface area contributed by atoms with Crippen molar-refractivity contribution in [1.29, 1.82) is 0 Å². The molecule has 21 heavy (non-hydrogen) atoms. The van der Waals surface area contributed by atoms with Gasteiger partial charge < -0.3 is 14.6 Å². The molecule has 2 N–H and O–H groups in total. The van der Waals surface area contributed by atoms with Crippen molar-refractivity contribution in [1.82, 2.24) is 14.9 Å². The van der Waals surface area contributed by atoms with Gasteiger partial charge in [-0.15, -0.1) is 0 Å². The number of nitrogens with one attached hydrogen (secondary N) is 2. The molecule has 1 heterocycles. The average Bonchev–Trinajstić information content (AvgIpc) is 3.17. The van der Waals surface area contributed by atoms with Crippen molar-refractivity contribution in [2.45, 2.75) is 44.4 Å². The van der Waals surface area contributed by atoms with Gasteiger partial charge in [0.05, 0.1) is 6.54 Å². The Morgan fingerprint density at radius 2 is 2.00 bits per heavy atom. The topological polar surface area (TPSA) is 74.6 Å². The van der Waals surface area contributed by atoms with Crippen LogP contribution in [0, 0.1) is 0 Å². The third-order valence-electron chi connectivity index (χ3n) is 3.66. The van der Waals surface area contributed by atoms with E-state index in [4.69, 9.17) is 4.42 Å². The molecule has 1 saturated carbocycles. The molecule has 0 aromatic carbocycles. The summed E-state index contributed by atoms with van der Waals surface area (Å²) in [5, 5.41) is 3.29. The highest BCUT2D eigenvalue weighted by Gasteiger charge is 2.22. The van der Waals surface area contributed by atoms with Gasteiger partial charge in [0.25, 0.3) is 10.0 Å². The second kappa shape index (κ2) is 7.40. The Hall–Kier alpha value is -0.890. The number of rotatable bonds is 10. The van der Waals surface area contributed by atoms with Crippen molar-refractivity contribution in [2.75, 3.05) is 26.2 Å². The van der Waals surface area contributed by atoms with Crippen molar-refractivity contribution in [3.05, 3.63) is 17.9 Å². The van der Waals surface area contributed by atoms with Crippen molar-refractivity contribution >= 4 is 10.0 Å². The monoisotopic (exact) mass is 315 g/mol. The van der Waals surface area contributed by atoms with E-state index in [0.717, 1.165) is 13.1 Å². The summed E-state index contributed by atoms with van der Waals surface area (Å²) in [5.74, 6) is 0.658. The molecular formula is C14H25N3O3S. The van der Waals surface area contributed by atoms with E-state index in [0.29, 0.717) is 31.4 Å². The highest BCUT2D eigenvalue weighted by molar-refractivity contribution is 7.89. The lowest BCUT2D eigenvalue weighted by molar-refractivity contribution is 0.308. The molecule has 1 aliphatic rings. The number of likely N-dealkylation sites (N-methyl/N-ethyl adjacent to an activating group) is 1. The quantitative estimate of drug-likeness (QED) is 0.677. The van der Waals surface area contributed by atoms with Crippen molar-refractivity contribution < 1.29 is 12.8 Å². The molecule has 0 bridgehead atoms. The fourth-order valence-electron chi connectivity index (χ4n) is 2.08. The van der Waals surface area contributed by atoms with Gasteiger partial charge in [0.1, 0.15) is 5.76 Å². The largest absolute Gasteiger partial charge is 0.447 e. The number of hydrogen-bond acceptors (Lipinski definition) is 5. The lowest BCUT2D eigenvalue weighted by Crippen LogP contribution is -2.34. The molecule has 0 amide bonds. The molecule has 1 aromatic rings. The zero-order valence-electron chi connectivity index (χ0n) is 12.8. The molecule has 1 aromatic heterocycles. The fraction of sp³-hybridized carbons (Fsp3) is 0.714. The zero-order chi connectivity index (χ0) is 15.3. The van der Waals surface area contributed by atoms with E-state index < -0.39 is 10.0 Å². The molecule has 0 atom stereocenters. The van der Waals surface area contributed by atoms with E-state index >= 15 is 0 Å². The minimum absolute atomic E-state index is 0.00496. The summed E-state index contributed by atoms with van der Waals surface area (Å²) in [7, 11) is -3.55. The summed E-state index contributed by atoms with van der Waals surface area (Å²) >= 11 is 0. The van der Waals surface area contributed by atoms with Gasteiger partial charge in [-0.2, -0.15) is 0 Å². The molecule has 2 rings (SSSR count). The van der Waals surface area contributed by atoms with Crippen LogP contribution in [0.5, 0.6) is 0 Å². The Morgan fingerprint density at radius 1 is 1.29 bits per heavy atom. The number of nitrogens with zero attached hydrogens (tertiary/aromatic N) is 1. The third-order valence-corrected chi connectivity index (χ3v) is 4.99. The molecule has 7 heteroatoms. The lowest BCUT2D eigenvalue weighted by Gasteiger charge is -2.17. The minimum atomic E-state index is -3.55. The molecular weight excluding hydrogens is 290 g/mol. The Labute approximate surface area is 126 Å². The van der Waals surface area contributed by atoms with Gasteiger partial charge in [0.15, 0.2) is 0 Å². The molecule has 1 aliphatic carbocycles. The zero-order valence-corrected chi connectivity index (χ0v) is 13.6. The first kappa shape index (κ1) is 16.5. The van der Waals surface area contributed by atoms with Crippen LogP contribution >= 0.6 is 0 Å². The van der Waals surface area contributed by atoms with Crippen molar-refractivity contribution in [3.63, 3.8) is 0 Å². The van der Waals surface area contributed by atoms with Gasteiger partial charge in [-0.05, 0) is 38.1 Å². The van der Waals surface area contributed by atoms with E-state index in [1.807, 2.05) is 0 Å². The maximum absolute atomic E-state index is 12.1. The maximum atomic E-state index is 12.1. The Balaban J connectivity index is 1.83. The Morgan fingerprint density at radius 3 is 2.62 bits per heavy atom. The molecule has 0 unspecified atom stereocenters. The van der Waals surface area contributed by atoms with Gasteiger partial charge in [-0.1, -0.05) is 13.8 Å². The van der Waals surface area contributed by atoms with Gasteiger partial charge in [-0.25, -0.2) is 13.1 Å². The van der Waals surface area contributed by atoms with Crippen LogP contribution < -0.4 is 10.0 Å². The second-order valence-corrected chi connectivity index (χ2v) is 7.00. The molecule has 0 radical (unpaired) electrons. The minimum Gasteiger partial charge on any atom is -0.447 e. The van der Waals surface area contributed by atoms with Crippen LogP contribution in [0.4, 0.5) is 0 Å². The van der Waals surface area contributed by atoms with Crippen LogP contribution in [0.15, 0.2) is 21.6 Å². The summed E-state index contributed by atoms with van der Waals surface area (Å²) in [6, 6.07) is 3.81. The van der Waals surface area contributed by atoms with E-state index in [1.54, 1.807) is 6.07 Å². The summed E-state index contributed by atoms with van der Waals surface area (Å²) < 4.78 is 32.2. The van der Waals surface area contributed by atoms with E-state index in [2.05, 4.69) is 28.8 Å². The third kappa shape index (κ3) is 5.10. The standard InChI is InChI=1S/C14H25N3O3S/c1-3-17(4-2)10-9-16-21(18,19)14-8-7-13(20-14)11-15-12-5-6-12/h7-8,12,15-16H,3-6,9-11H2,1-2H3. The molecule has 120 valence electrons. The van der Waals surface area contributed by atoms with Gasteiger partial charge in [0, 0.05) is 19.1 Å². The van der Waals surface area contributed by atoms with E-state index in [1.165, 1.54) is 18.9 Å². The predicted molar refractivity (Wildman–Crippen MR) is 81.5 cm³/mol. The summed E-state index contributed by atoms with van der Waals surface area (Å²) in [4.78, 5) is 2.16. The average molecular weight is 315 g/mol. The van der Waals surface area contributed by atoms with Crippen LogP contribution in [0.25, 0.3) is 0 Å². The summed E-state index contributed by atoms with van der Waals surface area (Å²) in [6.45, 7) is 7.61. The molecule has 0 saturated heterocycles. The van der Waals surface area contributed by atoms with Gasteiger partial charge in [-0.3, -0.25) is 0 Å². The van der Waals surface area contributed by atoms with Crippen molar-refractivity contribution in [2.24, 2.45) is 0 Å². The fourth-order valence-corrected chi connectivity index (χ4v) is 3.05. The van der Waals surface area contributed by atoms with Crippen molar-refractivity contribution in [3.8, 4) is 0 Å². The van der Waals surface area contributed by atoms with E-state index in [9.17, 15) is 8.42 Å². The van der Waals surface area contributed by atoms with Gasteiger partial charge in [0.2, 0.25) is 5.09 Å². The van der Waals surface area contributed by atoms with E-state index in [-0.39, 0.29) is 5.09 Å². The predicted octanol–water partition coefficient (Wildman–Crippen LogP) is 1.15. The van der Waals surface area contributed by atoms with Crippen LogP contribution in [-0.4, -0.2) is 45.5 Å². The molecule has 6 nitrogen and oxygen atoms in total. The summed E-state index contributed by atoms with van der Waals surface area (Å²) in [6.07, 6.45) is 2.39. The van der Waals surface area contributed by atoms with Crippen LogP contribution in [0.3, 0.4) is 0 Å². The molecule has 0 aliphatic heterocycles. The highest BCUT2D eigenvalue weighted by Crippen LogP contribution is 2.20. The molecule has 1 fully saturated rings. The SMILES string of the molecule is CCN(CC)CCNS(=O)(=O)c1ccc(CNC2CC2)o1. The Kier molecular flexibility index (Phi) is 5.80. The lowest BCUT2D eigenvalue weighted by atomic mass is 10.4. The first-order chi connectivity index (χ1) is 10.0. The van der Waals surface area contributed by atoms with Gasteiger partial charge >= 0.3 is 0 Å². The second-order valence-electron chi connectivity index (χ2n) is 5.30. The van der Waals surface area contributed by atoms with Crippen LogP contribution in [0.1, 0.15) is 32.4 Å². The maximum Gasteiger partial charge on any atom is 0.274 e. The number of sulfonamides is 1. The number of hydrogen-bond donors (Lipinski definition) is 2.